The zero-order valence-electron chi connectivity index (χ0n) is 8.31. The van der Waals surface area contributed by atoms with Crippen LogP contribution in [0.1, 0.15) is 0 Å². The molecule has 0 fully saturated rings. The van der Waals surface area contributed by atoms with Gasteiger partial charge in [-0.1, -0.05) is 0 Å². The molecule has 0 saturated carbocycles. The van der Waals surface area contributed by atoms with E-state index < -0.39 is 0 Å². The van der Waals surface area contributed by atoms with Crippen LogP contribution in [0.15, 0.2) is 41.3 Å². The topological polar surface area (TPSA) is 56.0 Å². The van der Waals surface area contributed by atoms with E-state index in [1.807, 2.05) is 6.07 Å². The minimum atomic E-state index is 0.00384. The van der Waals surface area contributed by atoms with Gasteiger partial charge in [-0.2, -0.15) is 0 Å². The minimum absolute atomic E-state index is 0.00384. The highest BCUT2D eigenvalue weighted by atomic mass is 32.1. The third kappa shape index (κ3) is 1.27. The quantitative estimate of drug-likeness (QED) is 0.475. The smallest absolute Gasteiger partial charge is 0.197 e. The summed E-state index contributed by atoms with van der Waals surface area (Å²) in [6.07, 6.45) is 1.70. The summed E-state index contributed by atoms with van der Waals surface area (Å²) in [4.78, 5) is 17.1. The molecule has 4 heteroatoms. The van der Waals surface area contributed by atoms with Crippen LogP contribution in [0.25, 0.3) is 20.3 Å². The highest BCUT2D eigenvalue weighted by Crippen LogP contribution is 2.23. The summed E-state index contributed by atoms with van der Waals surface area (Å²) >= 11 is 1.51. The molecule has 2 heterocycles. The van der Waals surface area contributed by atoms with E-state index in [0.717, 1.165) is 9.53 Å². The number of rotatable bonds is 0. The number of aromatic nitrogens is 1. The zero-order valence-corrected chi connectivity index (χ0v) is 9.12. The fourth-order valence-corrected chi connectivity index (χ4v) is 2.70. The molecule has 0 atom stereocenters. The van der Waals surface area contributed by atoms with Gasteiger partial charge < -0.3 is 5.73 Å². The first-order chi connectivity index (χ1) is 7.75. The first-order valence-electron chi connectivity index (χ1n) is 4.83. The molecule has 2 aromatic heterocycles. The number of hydrogen-bond donors (Lipinski definition) is 1. The van der Waals surface area contributed by atoms with Crippen LogP contribution >= 0.6 is 11.3 Å². The Hall–Kier alpha value is -1.94. The Labute approximate surface area is 95.2 Å². The van der Waals surface area contributed by atoms with Crippen molar-refractivity contribution in [3.05, 3.63) is 46.8 Å². The maximum Gasteiger partial charge on any atom is 0.197 e. The van der Waals surface area contributed by atoms with Gasteiger partial charge in [0.15, 0.2) is 5.43 Å². The Balaban J connectivity index is 2.61. The predicted octanol–water partition coefficient (Wildman–Crippen LogP) is 2.39. The molecule has 3 rings (SSSR count). The molecule has 16 heavy (non-hydrogen) atoms. The molecule has 0 saturated heterocycles. The molecular weight excluding hydrogens is 220 g/mol. The average Bonchev–Trinajstić information content (AvgIpc) is 2.31. The predicted molar refractivity (Wildman–Crippen MR) is 67.8 cm³/mol. The van der Waals surface area contributed by atoms with Crippen LogP contribution in [-0.2, 0) is 0 Å². The molecular formula is C12H8N2OS. The second kappa shape index (κ2) is 3.28. The maximum absolute atomic E-state index is 12.2. The van der Waals surface area contributed by atoms with Gasteiger partial charge in [0, 0.05) is 22.0 Å². The number of nitrogens with two attached hydrogens (primary N) is 1. The molecule has 78 valence electrons. The SMILES string of the molecule is Nc1ccc2sc3ncccc3c(=O)c2c1. The fraction of sp³-hybridized carbons (Fsp3) is 0. The van der Waals surface area contributed by atoms with Gasteiger partial charge in [0.25, 0.3) is 0 Å². The normalized spacial score (nSPS) is 11.0. The molecule has 3 aromatic rings. The van der Waals surface area contributed by atoms with Crippen molar-refractivity contribution < 1.29 is 0 Å². The molecule has 0 aliphatic rings. The molecule has 0 amide bonds. The van der Waals surface area contributed by atoms with E-state index in [1.165, 1.54) is 11.3 Å². The van der Waals surface area contributed by atoms with E-state index >= 15 is 0 Å². The van der Waals surface area contributed by atoms with E-state index in [1.54, 1.807) is 30.5 Å². The number of anilines is 1. The lowest BCUT2D eigenvalue weighted by Crippen LogP contribution is -2.02. The summed E-state index contributed by atoms with van der Waals surface area (Å²) in [5, 5.41) is 1.33. The summed E-state index contributed by atoms with van der Waals surface area (Å²) in [7, 11) is 0. The number of pyridine rings is 1. The number of hydrogen-bond acceptors (Lipinski definition) is 4. The first kappa shape index (κ1) is 9.30. The lowest BCUT2D eigenvalue weighted by Gasteiger charge is -2.00. The van der Waals surface area contributed by atoms with E-state index in [4.69, 9.17) is 5.73 Å². The summed E-state index contributed by atoms with van der Waals surface area (Å²) in [5.74, 6) is 0. The Kier molecular flexibility index (Phi) is 1.91. The van der Waals surface area contributed by atoms with Crippen LogP contribution < -0.4 is 11.2 Å². The Bertz CT molecular complexity index is 749. The highest BCUT2D eigenvalue weighted by Gasteiger charge is 2.05. The van der Waals surface area contributed by atoms with Gasteiger partial charge in [-0.05, 0) is 30.3 Å². The number of fused-ring (bicyclic) bond motifs is 2. The highest BCUT2D eigenvalue weighted by molar-refractivity contribution is 7.24. The van der Waals surface area contributed by atoms with Gasteiger partial charge in [0.2, 0.25) is 0 Å². The van der Waals surface area contributed by atoms with E-state index in [-0.39, 0.29) is 5.43 Å². The van der Waals surface area contributed by atoms with Crippen molar-refractivity contribution in [2.75, 3.05) is 5.73 Å². The van der Waals surface area contributed by atoms with Crippen LogP contribution in [0.3, 0.4) is 0 Å². The van der Waals surface area contributed by atoms with Crippen molar-refractivity contribution in [1.82, 2.24) is 4.98 Å². The second-order valence-corrected chi connectivity index (χ2v) is 4.57. The average molecular weight is 228 g/mol. The fourth-order valence-electron chi connectivity index (χ4n) is 1.71. The first-order valence-corrected chi connectivity index (χ1v) is 5.64. The van der Waals surface area contributed by atoms with Gasteiger partial charge in [-0.25, -0.2) is 4.98 Å². The van der Waals surface area contributed by atoms with Crippen LogP contribution in [0.4, 0.5) is 5.69 Å². The molecule has 0 bridgehead atoms. The van der Waals surface area contributed by atoms with Gasteiger partial charge in [0.05, 0.1) is 5.39 Å². The number of nitrogen functional groups attached to an aromatic ring is 1. The summed E-state index contributed by atoms with van der Waals surface area (Å²) in [6, 6.07) is 8.96. The largest absolute Gasteiger partial charge is 0.399 e. The van der Waals surface area contributed by atoms with E-state index in [2.05, 4.69) is 4.98 Å². The second-order valence-electron chi connectivity index (χ2n) is 3.54. The molecule has 0 spiro atoms. The van der Waals surface area contributed by atoms with E-state index in [0.29, 0.717) is 16.5 Å². The molecule has 1 aromatic carbocycles. The zero-order chi connectivity index (χ0) is 11.1. The lowest BCUT2D eigenvalue weighted by molar-refractivity contribution is 1.44. The summed E-state index contributed by atoms with van der Waals surface area (Å²) < 4.78 is 0.922. The van der Waals surface area contributed by atoms with Crippen molar-refractivity contribution in [2.45, 2.75) is 0 Å². The maximum atomic E-state index is 12.2. The molecule has 0 aliphatic carbocycles. The molecule has 0 radical (unpaired) electrons. The summed E-state index contributed by atoms with van der Waals surface area (Å²) in [6.45, 7) is 0. The van der Waals surface area contributed by atoms with Crippen molar-refractivity contribution in [2.24, 2.45) is 0 Å². The van der Waals surface area contributed by atoms with Crippen LogP contribution in [0.2, 0.25) is 0 Å². The lowest BCUT2D eigenvalue weighted by atomic mass is 10.2. The van der Waals surface area contributed by atoms with Crippen LogP contribution in [0, 0.1) is 0 Å². The van der Waals surface area contributed by atoms with Crippen LogP contribution in [0.5, 0.6) is 0 Å². The van der Waals surface area contributed by atoms with Crippen molar-refractivity contribution in [3.8, 4) is 0 Å². The Morgan fingerprint density at radius 2 is 2.06 bits per heavy atom. The molecule has 0 aliphatic heterocycles. The van der Waals surface area contributed by atoms with Crippen molar-refractivity contribution in [3.63, 3.8) is 0 Å². The standard InChI is InChI=1S/C12H8N2OS/c13-7-3-4-10-9(6-7)11(15)8-2-1-5-14-12(8)16-10/h1-6H,13H2. The van der Waals surface area contributed by atoms with Gasteiger partial charge in [-0.3, -0.25) is 4.79 Å². The minimum Gasteiger partial charge on any atom is -0.399 e. The monoisotopic (exact) mass is 228 g/mol. The van der Waals surface area contributed by atoms with Gasteiger partial charge in [0.1, 0.15) is 4.83 Å². The Morgan fingerprint density at radius 3 is 2.94 bits per heavy atom. The Morgan fingerprint density at radius 1 is 1.19 bits per heavy atom. The summed E-state index contributed by atoms with van der Waals surface area (Å²) in [5.41, 5.74) is 6.30. The van der Waals surface area contributed by atoms with Gasteiger partial charge in [-0.15, -0.1) is 11.3 Å². The molecule has 3 nitrogen and oxygen atoms in total. The molecule has 2 N–H and O–H groups in total. The third-order valence-corrected chi connectivity index (χ3v) is 3.57. The van der Waals surface area contributed by atoms with Crippen molar-refractivity contribution in [1.29, 1.82) is 0 Å². The molecule has 0 unspecified atom stereocenters. The third-order valence-electron chi connectivity index (χ3n) is 2.47. The van der Waals surface area contributed by atoms with Gasteiger partial charge >= 0.3 is 0 Å². The van der Waals surface area contributed by atoms with Crippen LogP contribution in [-0.4, -0.2) is 4.98 Å². The number of benzene rings is 1. The number of nitrogens with zero attached hydrogens (tertiary/aromatic N) is 1. The van der Waals surface area contributed by atoms with E-state index in [9.17, 15) is 4.79 Å². The van der Waals surface area contributed by atoms with Crippen molar-refractivity contribution >= 4 is 37.3 Å².